The second kappa shape index (κ2) is 3.09. The van der Waals surface area contributed by atoms with Crippen molar-refractivity contribution in [1.82, 2.24) is 0 Å². The molecule has 5 nitrogen and oxygen atoms in total. The van der Waals surface area contributed by atoms with Gasteiger partial charge in [0.1, 0.15) is 5.60 Å². The molecule has 2 aliphatic heterocycles. The van der Waals surface area contributed by atoms with Crippen LogP contribution in [0.5, 0.6) is 0 Å². The van der Waals surface area contributed by atoms with E-state index >= 15 is 0 Å². The zero-order chi connectivity index (χ0) is 13.1. The van der Waals surface area contributed by atoms with Crippen LogP contribution >= 0.6 is 0 Å². The molecule has 0 amide bonds. The number of ketones is 1. The summed E-state index contributed by atoms with van der Waals surface area (Å²) in [5.74, 6) is -1.46. The molecule has 2 fully saturated rings. The lowest BCUT2D eigenvalue weighted by atomic mass is 9.75. The van der Waals surface area contributed by atoms with Gasteiger partial charge in [0.25, 0.3) is 0 Å². The third-order valence-corrected chi connectivity index (χ3v) is 3.58. The SMILES string of the molecule is CC(=O)[C@]1(C)C[C@@]2(CC(C)(C)OC2=O)C(=O)O1. The van der Waals surface area contributed by atoms with Gasteiger partial charge in [0.15, 0.2) is 16.8 Å². The van der Waals surface area contributed by atoms with Crippen LogP contribution in [0, 0.1) is 5.41 Å². The Bertz CT molecular complexity index is 425. The molecule has 0 unspecified atom stereocenters. The van der Waals surface area contributed by atoms with Crippen molar-refractivity contribution >= 4 is 17.7 Å². The molecule has 2 heterocycles. The van der Waals surface area contributed by atoms with Gasteiger partial charge >= 0.3 is 11.9 Å². The second-order valence-electron chi connectivity index (χ2n) is 5.76. The van der Waals surface area contributed by atoms with Crippen LogP contribution in [0.4, 0.5) is 0 Å². The highest BCUT2D eigenvalue weighted by atomic mass is 16.6. The van der Waals surface area contributed by atoms with E-state index in [1.807, 2.05) is 0 Å². The first-order chi connectivity index (χ1) is 7.61. The summed E-state index contributed by atoms with van der Waals surface area (Å²) in [4.78, 5) is 35.3. The summed E-state index contributed by atoms with van der Waals surface area (Å²) in [7, 11) is 0. The van der Waals surface area contributed by atoms with Crippen molar-refractivity contribution in [2.75, 3.05) is 0 Å². The topological polar surface area (TPSA) is 69.7 Å². The summed E-state index contributed by atoms with van der Waals surface area (Å²) in [5, 5.41) is 0. The van der Waals surface area contributed by atoms with Crippen LogP contribution < -0.4 is 0 Å². The minimum atomic E-state index is -1.29. The zero-order valence-corrected chi connectivity index (χ0v) is 10.5. The minimum absolute atomic E-state index is 0.0798. The van der Waals surface area contributed by atoms with Crippen LogP contribution in [0.25, 0.3) is 0 Å². The fourth-order valence-corrected chi connectivity index (χ4v) is 2.66. The average molecular weight is 240 g/mol. The van der Waals surface area contributed by atoms with Crippen molar-refractivity contribution in [2.24, 2.45) is 5.41 Å². The van der Waals surface area contributed by atoms with Crippen molar-refractivity contribution < 1.29 is 23.9 Å². The quantitative estimate of drug-likeness (QED) is 0.505. The number of cyclic esters (lactones) is 2. The Morgan fingerprint density at radius 1 is 1.06 bits per heavy atom. The Labute approximate surface area is 99.5 Å². The number of ether oxygens (including phenoxy) is 2. The van der Waals surface area contributed by atoms with Gasteiger partial charge in [0, 0.05) is 12.8 Å². The van der Waals surface area contributed by atoms with E-state index in [2.05, 4.69) is 0 Å². The highest BCUT2D eigenvalue weighted by Gasteiger charge is 2.67. The lowest BCUT2D eigenvalue weighted by Gasteiger charge is -2.19. The molecule has 0 N–H and O–H groups in total. The molecular formula is C12H16O5. The molecule has 2 atom stereocenters. The van der Waals surface area contributed by atoms with Crippen LogP contribution in [0.15, 0.2) is 0 Å². The molecule has 0 bridgehead atoms. The molecule has 5 heteroatoms. The molecule has 17 heavy (non-hydrogen) atoms. The Morgan fingerprint density at radius 2 is 1.59 bits per heavy atom. The average Bonchev–Trinajstić information content (AvgIpc) is 2.50. The lowest BCUT2D eigenvalue weighted by molar-refractivity contribution is -0.163. The van der Waals surface area contributed by atoms with Gasteiger partial charge in [-0.2, -0.15) is 0 Å². The molecular weight excluding hydrogens is 224 g/mol. The summed E-state index contributed by atoms with van der Waals surface area (Å²) in [6.07, 6.45) is 0.344. The molecule has 0 radical (unpaired) electrons. The van der Waals surface area contributed by atoms with Crippen molar-refractivity contribution in [3.8, 4) is 0 Å². The predicted octanol–water partition coefficient (Wildman–Crippen LogP) is 0.993. The van der Waals surface area contributed by atoms with Gasteiger partial charge in [-0.15, -0.1) is 0 Å². The maximum Gasteiger partial charge on any atom is 0.324 e. The summed E-state index contributed by atoms with van der Waals surface area (Å²) in [5.41, 5.74) is -3.17. The molecule has 0 saturated carbocycles. The Balaban J connectivity index is 2.39. The summed E-state index contributed by atoms with van der Waals surface area (Å²) < 4.78 is 10.3. The second-order valence-corrected chi connectivity index (χ2v) is 5.76. The van der Waals surface area contributed by atoms with Crippen LogP contribution in [-0.2, 0) is 23.9 Å². The third-order valence-electron chi connectivity index (χ3n) is 3.58. The zero-order valence-electron chi connectivity index (χ0n) is 10.5. The summed E-state index contributed by atoms with van der Waals surface area (Å²) in [6.45, 7) is 6.39. The van der Waals surface area contributed by atoms with Crippen LogP contribution in [0.2, 0.25) is 0 Å². The van der Waals surface area contributed by atoms with Crippen molar-refractivity contribution in [3.63, 3.8) is 0 Å². The lowest BCUT2D eigenvalue weighted by Crippen LogP contribution is -2.35. The van der Waals surface area contributed by atoms with Gasteiger partial charge in [-0.1, -0.05) is 0 Å². The molecule has 0 aromatic carbocycles. The van der Waals surface area contributed by atoms with Crippen LogP contribution in [0.1, 0.15) is 40.5 Å². The van der Waals surface area contributed by atoms with Crippen LogP contribution in [0.3, 0.4) is 0 Å². The number of carbonyl (C=O) groups is 3. The number of hydrogen-bond donors (Lipinski definition) is 0. The monoisotopic (exact) mass is 240 g/mol. The van der Waals surface area contributed by atoms with Crippen molar-refractivity contribution in [3.05, 3.63) is 0 Å². The highest BCUT2D eigenvalue weighted by Crippen LogP contribution is 2.51. The number of Topliss-reactive ketones (excluding diaryl/α,β-unsaturated/α-hetero) is 1. The fourth-order valence-electron chi connectivity index (χ4n) is 2.66. The molecule has 0 aromatic heterocycles. The van der Waals surface area contributed by atoms with E-state index in [9.17, 15) is 14.4 Å². The Morgan fingerprint density at radius 3 is 1.94 bits per heavy atom. The number of rotatable bonds is 1. The summed E-state index contributed by atoms with van der Waals surface area (Å²) >= 11 is 0. The predicted molar refractivity (Wildman–Crippen MR) is 57.0 cm³/mol. The summed E-state index contributed by atoms with van der Waals surface area (Å²) in [6, 6.07) is 0. The van der Waals surface area contributed by atoms with Gasteiger partial charge in [-0.25, -0.2) is 0 Å². The standard InChI is InChI=1S/C12H16O5/c1-7(13)11(4)6-12(9(15)17-11)5-10(2,3)16-8(12)14/h5-6H2,1-4H3/t11-,12+/m0/s1. The molecule has 2 aliphatic rings. The third kappa shape index (κ3) is 1.56. The van der Waals surface area contributed by atoms with Gasteiger partial charge in [0.05, 0.1) is 0 Å². The van der Waals surface area contributed by atoms with Crippen LogP contribution in [-0.4, -0.2) is 28.9 Å². The smallest absolute Gasteiger partial charge is 0.324 e. The molecule has 2 saturated heterocycles. The normalized spacial score (nSPS) is 39.3. The van der Waals surface area contributed by atoms with E-state index in [1.54, 1.807) is 20.8 Å². The first-order valence-corrected chi connectivity index (χ1v) is 5.59. The first-order valence-electron chi connectivity index (χ1n) is 5.59. The van der Waals surface area contributed by atoms with Crippen molar-refractivity contribution in [2.45, 2.75) is 51.7 Å². The number of carbonyl (C=O) groups excluding carboxylic acids is 3. The van der Waals surface area contributed by atoms with Gasteiger partial charge in [-0.3, -0.25) is 14.4 Å². The molecule has 0 aromatic rings. The van der Waals surface area contributed by atoms with E-state index in [4.69, 9.17) is 9.47 Å². The molecule has 1 spiro atoms. The molecule has 0 aliphatic carbocycles. The molecule has 94 valence electrons. The van der Waals surface area contributed by atoms with E-state index in [0.29, 0.717) is 0 Å². The first kappa shape index (κ1) is 12.1. The van der Waals surface area contributed by atoms with E-state index in [0.717, 1.165) is 0 Å². The molecule has 2 rings (SSSR count). The highest BCUT2D eigenvalue weighted by molar-refractivity contribution is 6.06. The van der Waals surface area contributed by atoms with E-state index in [-0.39, 0.29) is 18.6 Å². The van der Waals surface area contributed by atoms with E-state index < -0.39 is 28.6 Å². The number of esters is 2. The largest absolute Gasteiger partial charge is 0.459 e. The maximum atomic E-state index is 11.9. The maximum absolute atomic E-state index is 11.9. The van der Waals surface area contributed by atoms with Gasteiger partial charge in [-0.05, 0) is 27.7 Å². The fraction of sp³-hybridized carbons (Fsp3) is 0.750. The van der Waals surface area contributed by atoms with Gasteiger partial charge < -0.3 is 9.47 Å². The van der Waals surface area contributed by atoms with E-state index in [1.165, 1.54) is 6.92 Å². The minimum Gasteiger partial charge on any atom is -0.459 e. The van der Waals surface area contributed by atoms with Crippen molar-refractivity contribution in [1.29, 1.82) is 0 Å². The number of hydrogen-bond acceptors (Lipinski definition) is 5. The Hall–Kier alpha value is -1.39. The Kier molecular flexibility index (Phi) is 2.19. The van der Waals surface area contributed by atoms with Gasteiger partial charge in [0.2, 0.25) is 0 Å².